The maximum absolute atomic E-state index is 9.37. The first-order valence-corrected chi connectivity index (χ1v) is 3.60. The fourth-order valence-electron chi connectivity index (χ4n) is 1.21. The molecule has 60 valence electrons. The molecule has 0 atom stereocenters. The van der Waals surface area contributed by atoms with E-state index in [1.54, 1.807) is 30.3 Å². The molecule has 3 heteroatoms. The number of hydrogen-bond donors (Lipinski definition) is 2. The van der Waals surface area contributed by atoms with Gasteiger partial charge in [-0.1, -0.05) is 6.07 Å². The van der Waals surface area contributed by atoms with Gasteiger partial charge in [-0.3, -0.25) is 5.21 Å². The van der Waals surface area contributed by atoms with Gasteiger partial charge < -0.3 is 5.11 Å². The molecule has 2 N–H and O–H groups in total. The van der Waals surface area contributed by atoms with Crippen molar-refractivity contribution >= 4 is 10.9 Å². The normalized spacial score (nSPS) is 10.3. The summed E-state index contributed by atoms with van der Waals surface area (Å²) in [7, 11) is 0. The van der Waals surface area contributed by atoms with Crippen molar-refractivity contribution in [2.75, 3.05) is 0 Å². The number of benzene rings is 1. The lowest BCUT2D eigenvalue weighted by atomic mass is 10.2. The number of aromatic hydroxyl groups is 1. The zero-order valence-electron chi connectivity index (χ0n) is 6.31. The van der Waals surface area contributed by atoms with Gasteiger partial charge in [0.2, 0.25) is 6.20 Å². The molecular formula is C9H8NO2+. The lowest BCUT2D eigenvalue weighted by Gasteiger charge is -1.94. The Hall–Kier alpha value is -1.77. The highest BCUT2D eigenvalue weighted by molar-refractivity contribution is 5.81. The third-order valence-corrected chi connectivity index (χ3v) is 1.80. The third-order valence-electron chi connectivity index (χ3n) is 1.80. The summed E-state index contributed by atoms with van der Waals surface area (Å²) in [5.74, 6) is 0.177. The van der Waals surface area contributed by atoms with Gasteiger partial charge in [-0.15, -0.1) is 0 Å². The summed E-state index contributed by atoms with van der Waals surface area (Å²) in [5, 5.41) is 19.3. The highest BCUT2D eigenvalue weighted by Crippen LogP contribution is 2.20. The number of phenolic OH excluding ortho intramolecular Hbond substituents is 1. The first-order valence-electron chi connectivity index (χ1n) is 3.60. The van der Waals surface area contributed by atoms with Crippen LogP contribution in [0.3, 0.4) is 0 Å². The molecule has 0 unspecified atom stereocenters. The van der Waals surface area contributed by atoms with Crippen molar-refractivity contribution in [2.45, 2.75) is 0 Å². The molecule has 2 aromatic rings. The molecule has 0 spiro atoms. The number of aromatic nitrogens is 1. The molecule has 0 aliphatic carbocycles. The van der Waals surface area contributed by atoms with Crippen LogP contribution in [0, 0.1) is 0 Å². The van der Waals surface area contributed by atoms with Gasteiger partial charge in [0.25, 0.3) is 5.52 Å². The van der Waals surface area contributed by atoms with Crippen molar-refractivity contribution in [3.05, 3.63) is 36.5 Å². The molecule has 0 aliphatic rings. The average Bonchev–Trinajstić information content (AvgIpc) is 2.07. The number of nitrogens with zero attached hydrogens (tertiary/aromatic N) is 1. The summed E-state index contributed by atoms with van der Waals surface area (Å²) in [5.41, 5.74) is 0.595. The van der Waals surface area contributed by atoms with Gasteiger partial charge in [-0.05, 0) is 12.1 Å². The standard InChI is InChI=1S/C9H7NO2/c11-9-5-1-4-8-7(9)3-2-6-10(8)12/h1-6,12H/p+1. The van der Waals surface area contributed by atoms with Crippen LogP contribution in [0.4, 0.5) is 0 Å². The van der Waals surface area contributed by atoms with Crippen molar-refractivity contribution in [1.82, 2.24) is 0 Å². The second kappa shape index (κ2) is 2.37. The van der Waals surface area contributed by atoms with Crippen LogP contribution in [0.15, 0.2) is 36.5 Å². The minimum absolute atomic E-state index is 0.177. The molecule has 0 saturated heterocycles. The molecule has 0 radical (unpaired) electrons. The van der Waals surface area contributed by atoms with Crippen molar-refractivity contribution in [3.8, 4) is 5.75 Å². The molecule has 0 aliphatic heterocycles. The van der Waals surface area contributed by atoms with Crippen molar-refractivity contribution in [2.24, 2.45) is 0 Å². The zero-order chi connectivity index (χ0) is 8.55. The van der Waals surface area contributed by atoms with E-state index in [1.165, 1.54) is 6.20 Å². The van der Waals surface area contributed by atoms with Gasteiger partial charge in [-0.25, -0.2) is 0 Å². The summed E-state index contributed by atoms with van der Waals surface area (Å²) in [6.07, 6.45) is 1.52. The average molecular weight is 162 g/mol. The summed E-state index contributed by atoms with van der Waals surface area (Å²) in [6.45, 7) is 0. The largest absolute Gasteiger partial charge is 0.507 e. The second-order valence-electron chi connectivity index (χ2n) is 2.56. The summed E-state index contributed by atoms with van der Waals surface area (Å²) >= 11 is 0. The SMILES string of the molecule is Oc1cccc2c1ccc[n+]2O. The van der Waals surface area contributed by atoms with Crippen molar-refractivity contribution in [1.29, 1.82) is 0 Å². The third kappa shape index (κ3) is 0.871. The minimum Gasteiger partial charge on any atom is -0.507 e. The highest BCUT2D eigenvalue weighted by Gasteiger charge is 2.08. The van der Waals surface area contributed by atoms with Gasteiger partial charge in [0, 0.05) is 16.9 Å². The van der Waals surface area contributed by atoms with Gasteiger partial charge >= 0.3 is 0 Å². The molecule has 1 aromatic heterocycles. The Kier molecular flexibility index (Phi) is 1.37. The topological polar surface area (TPSA) is 44.3 Å². The van der Waals surface area contributed by atoms with Crippen LogP contribution < -0.4 is 4.73 Å². The fourth-order valence-corrected chi connectivity index (χ4v) is 1.21. The Morgan fingerprint density at radius 1 is 1.08 bits per heavy atom. The lowest BCUT2D eigenvalue weighted by molar-refractivity contribution is -0.884. The van der Waals surface area contributed by atoms with E-state index in [0.29, 0.717) is 10.9 Å². The Morgan fingerprint density at radius 3 is 2.67 bits per heavy atom. The van der Waals surface area contributed by atoms with E-state index in [2.05, 4.69) is 0 Å². The molecule has 2 rings (SSSR count). The van der Waals surface area contributed by atoms with Gasteiger partial charge in [0.1, 0.15) is 5.75 Å². The lowest BCUT2D eigenvalue weighted by Crippen LogP contribution is -2.29. The molecular weight excluding hydrogens is 154 g/mol. The van der Waals surface area contributed by atoms with E-state index in [-0.39, 0.29) is 5.75 Å². The molecule has 1 heterocycles. The molecule has 1 aromatic carbocycles. The van der Waals surface area contributed by atoms with Crippen LogP contribution in [-0.4, -0.2) is 10.3 Å². The highest BCUT2D eigenvalue weighted by atomic mass is 16.5. The predicted octanol–water partition coefficient (Wildman–Crippen LogP) is 1.07. The zero-order valence-corrected chi connectivity index (χ0v) is 6.31. The second-order valence-corrected chi connectivity index (χ2v) is 2.56. The quantitative estimate of drug-likeness (QED) is 0.449. The molecule has 3 nitrogen and oxygen atoms in total. The van der Waals surface area contributed by atoms with Crippen LogP contribution in [0.1, 0.15) is 0 Å². The number of rotatable bonds is 0. The Balaban J connectivity index is 2.94. The maximum atomic E-state index is 9.37. The summed E-state index contributed by atoms with van der Waals surface area (Å²) < 4.78 is 0.981. The van der Waals surface area contributed by atoms with E-state index in [4.69, 9.17) is 0 Å². The van der Waals surface area contributed by atoms with Crippen LogP contribution in [0.5, 0.6) is 5.75 Å². The molecule has 0 bridgehead atoms. The van der Waals surface area contributed by atoms with Gasteiger partial charge in [0.15, 0.2) is 0 Å². The molecule has 12 heavy (non-hydrogen) atoms. The molecule has 0 fully saturated rings. The maximum Gasteiger partial charge on any atom is 0.268 e. The smallest absolute Gasteiger partial charge is 0.268 e. The monoisotopic (exact) mass is 162 g/mol. The van der Waals surface area contributed by atoms with Crippen LogP contribution in [0.2, 0.25) is 0 Å². The van der Waals surface area contributed by atoms with E-state index >= 15 is 0 Å². The van der Waals surface area contributed by atoms with Gasteiger partial charge in [0.05, 0.1) is 5.39 Å². The predicted molar refractivity (Wildman–Crippen MR) is 43.0 cm³/mol. The molecule has 0 amide bonds. The van der Waals surface area contributed by atoms with Crippen LogP contribution >= 0.6 is 0 Å². The Morgan fingerprint density at radius 2 is 1.92 bits per heavy atom. The van der Waals surface area contributed by atoms with E-state index in [1.807, 2.05) is 0 Å². The van der Waals surface area contributed by atoms with Crippen LogP contribution in [0.25, 0.3) is 10.9 Å². The van der Waals surface area contributed by atoms with E-state index in [0.717, 1.165) is 4.73 Å². The number of pyridine rings is 1. The fraction of sp³-hybridized carbons (Fsp3) is 0. The van der Waals surface area contributed by atoms with Crippen LogP contribution in [-0.2, 0) is 0 Å². The Bertz CT molecular complexity index is 385. The number of fused-ring (bicyclic) bond motifs is 1. The summed E-state index contributed by atoms with van der Waals surface area (Å²) in [4.78, 5) is 0. The number of hydrogen-bond acceptors (Lipinski definition) is 2. The first-order chi connectivity index (χ1) is 5.79. The number of phenols is 1. The van der Waals surface area contributed by atoms with Gasteiger partial charge in [-0.2, -0.15) is 0 Å². The minimum atomic E-state index is 0.177. The molecule has 0 saturated carbocycles. The van der Waals surface area contributed by atoms with E-state index in [9.17, 15) is 10.3 Å². The van der Waals surface area contributed by atoms with E-state index < -0.39 is 0 Å². The first kappa shape index (κ1) is 6.91. The van der Waals surface area contributed by atoms with Crippen molar-refractivity contribution < 1.29 is 15.0 Å². The Labute approximate surface area is 69.1 Å². The summed E-state index contributed by atoms with van der Waals surface area (Å²) in [6, 6.07) is 8.42. The van der Waals surface area contributed by atoms with Crippen molar-refractivity contribution in [3.63, 3.8) is 0 Å².